The topological polar surface area (TPSA) is 92.4 Å². The van der Waals surface area contributed by atoms with Crippen LogP contribution >= 0.6 is 0 Å². The van der Waals surface area contributed by atoms with Crippen LogP contribution in [0.15, 0.2) is 53.3 Å². The number of hydrogen-bond acceptors (Lipinski definition) is 5. The predicted octanol–water partition coefficient (Wildman–Crippen LogP) is 3.54. The number of amides is 1. The number of hydrogen-bond donors (Lipinski definition) is 1. The zero-order valence-corrected chi connectivity index (χ0v) is 17.4. The minimum Gasteiger partial charge on any atom is -0.457 e. The summed E-state index contributed by atoms with van der Waals surface area (Å²) in [4.78, 5) is 45.5. The summed E-state index contributed by atoms with van der Waals surface area (Å²) in [5, 5.41) is 0.442. The number of alkyl halides is 3. The SMILES string of the molecule is O=C(OCc1nc2ccccc2c(=O)[nH]1)C1CCN(C(=O)c2ccc(C(F)(F)F)cc2)CC1. The summed E-state index contributed by atoms with van der Waals surface area (Å²) in [6, 6.07) is 10.9. The van der Waals surface area contributed by atoms with Crippen molar-refractivity contribution >= 4 is 22.8 Å². The molecule has 0 atom stereocenters. The van der Waals surface area contributed by atoms with Gasteiger partial charge in [-0.25, -0.2) is 4.98 Å². The Morgan fingerprint density at radius 3 is 2.39 bits per heavy atom. The Hall–Kier alpha value is -3.69. The van der Waals surface area contributed by atoms with Gasteiger partial charge in [0.25, 0.3) is 11.5 Å². The number of likely N-dealkylation sites (tertiary alicyclic amines) is 1. The van der Waals surface area contributed by atoms with Crippen molar-refractivity contribution in [2.45, 2.75) is 25.6 Å². The third-order valence-electron chi connectivity index (χ3n) is 5.59. The number of carbonyl (C=O) groups excluding carboxylic acids is 2. The van der Waals surface area contributed by atoms with Gasteiger partial charge in [0, 0.05) is 18.7 Å². The molecule has 0 radical (unpaired) electrons. The lowest BCUT2D eigenvalue weighted by Crippen LogP contribution is -2.40. The van der Waals surface area contributed by atoms with Gasteiger partial charge in [0.05, 0.1) is 22.4 Å². The number of carbonyl (C=O) groups is 2. The number of aromatic amines is 1. The van der Waals surface area contributed by atoms with Gasteiger partial charge in [0.2, 0.25) is 0 Å². The summed E-state index contributed by atoms with van der Waals surface area (Å²) in [6.07, 6.45) is -3.73. The van der Waals surface area contributed by atoms with Crippen molar-refractivity contribution < 1.29 is 27.5 Å². The van der Waals surface area contributed by atoms with E-state index >= 15 is 0 Å². The number of para-hydroxylation sites is 1. The number of nitrogens with one attached hydrogen (secondary N) is 1. The molecule has 1 aliphatic heterocycles. The van der Waals surface area contributed by atoms with Gasteiger partial charge in [0.1, 0.15) is 12.4 Å². The fraction of sp³-hybridized carbons (Fsp3) is 0.304. The van der Waals surface area contributed by atoms with Gasteiger partial charge in [-0.1, -0.05) is 12.1 Å². The highest BCUT2D eigenvalue weighted by Gasteiger charge is 2.32. The normalized spacial score (nSPS) is 14.9. The van der Waals surface area contributed by atoms with Crippen LogP contribution < -0.4 is 5.56 Å². The van der Waals surface area contributed by atoms with Crippen molar-refractivity contribution in [2.24, 2.45) is 5.92 Å². The van der Waals surface area contributed by atoms with E-state index in [1.54, 1.807) is 24.3 Å². The Morgan fingerprint density at radius 1 is 1.06 bits per heavy atom. The molecule has 4 rings (SSSR count). The van der Waals surface area contributed by atoms with Gasteiger partial charge in [-0.2, -0.15) is 13.2 Å². The molecule has 0 aliphatic carbocycles. The van der Waals surface area contributed by atoms with E-state index in [1.165, 1.54) is 4.90 Å². The molecule has 1 saturated heterocycles. The Kier molecular flexibility index (Phi) is 6.17. The summed E-state index contributed by atoms with van der Waals surface area (Å²) in [7, 11) is 0. The molecule has 0 bridgehead atoms. The molecule has 33 heavy (non-hydrogen) atoms. The quantitative estimate of drug-likeness (QED) is 0.603. The van der Waals surface area contributed by atoms with E-state index in [4.69, 9.17) is 4.74 Å². The van der Waals surface area contributed by atoms with Crippen LogP contribution in [0.2, 0.25) is 0 Å². The second-order valence-corrected chi connectivity index (χ2v) is 7.78. The summed E-state index contributed by atoms with van der Waals surface area (Å²) in [5.41, 5.74) is -0.470. The maximum atomic E-state index is 12.7. The van der Waals surface area contributed by atoms with Crippen LogP contribution in [-0.4, -0.2) is 39.8 Å². The molecular weight excluding hydrogens is 439 g/mol. The van der Waals surface area contributed by atoms with Gasteiger partial charge >= 0.3 is 12.1 Å². The number of aromatic nitrogens is 2. The zero-order chi connectivity index (χ0) is 23.6. The maximum absolute atomic E-state index is 12.7. The monoisotopic (exact) mass is 459 g/mol. The van der Waals surface area contributed by atoms with Crippen molar-refractivity contribution in [3.63, 3.8) is 0 Å². The third-order valence-corrected chi connectivity index (χ3v) is 5.59. The molecule has 1 aromatic heterocycles. The summed E-state index contributed by atoms with van der Waals surface area (Å²) >= 11 is 0. The minimum absolute atomic E-state index is 0.162. The second-order valence-electron chi connectivity index (χ2n) is 7.78. The average molecular weight is 459 g/mol. The average Bonchev–Trinajstić information content (AvgIpc) is 2.82. The summed E-state index contributed by atoms with van der Waals surface area (Å²) in [5.74, 6) is -1.02. The number of halogens is 3. The molecule has 1 fully saturated rings. The number of ether oxygens (including phenoxy) is 1. The molecule has 3 aromatic rings. The van der Waals surface area contributed by atoms with E-state index in [1.807, 2.05) is 0 Å². The van der Waals surface area contributed by atoms with Gasteiger partial charge in [-0.05, 0) is 49.2 Å². The second kappa shape index (κ2) is 9.05. The Balaban J connectivity index is 1.31. The smallest absolute Gasteiger partial charge is 0.416 e. The highest BCUT2D eigenvalue weighted by atomic mass is 19.4. The Labute approximate surface area is 186 Å². The lowest BCUT2D eigenvalue weighted by Gasteiger charge is -2.31. The van der Waals surface area contributed by atoms with E-state index < -0.39 is 23.6 Å². The molecule has 7 nitrogen and oxygen atoms in total. The van der Waals surface area contributed by atoms with Crippen LogP contribution in [0, 0.1) is 5.92 Å². The highest BCUT2D eigenvalue weighted by molar-refractivity contribution is 5.94. The number of nitrogens with zero attached hydrogens (tertiary/aromatic N) is 2. The molecule has 2 aromatic carbocycles. The van der Waals surface area contributed by atoms with Gasteiger partial charge in [-0.3, -0.25) is 14.4 Å². The van der Waals surface area contributed by atoms with E-state index in [0.29, 0.717) is 23.7 Å². The summed E-state index contributed by atoms with van der Waals surface area (Å²) < 4.78 is 43.4. The molecular formula is C23H20F3N3O4. The van der Waals surface area contributed by atoms with Crippen molar-refractivity contribution in [1.29, 1.82) is 0 Å². The van der Waals surface area contributed by atoms with Crippen molar-refractivity contribution in [2.75, 3.05) is 13.1 Å². The number of benzene rings is 2. The molecule has 1 amide bonds. The largest absolute Gasteiger partial charge is 0.457 e. The van der Waals surface area contributed by atoms with Crippen LogP contribution in [0.3, 0.4) is 0 Å². The van der Waals surface area contributed by atoms with E-state index in [-0.39, 0.29) is 42.6 Å². The van der Waals surface area contributed by atoms with Crippen LogP contribution in [0.1, 0.15) is 34.6 Å². The van der Waals surface area contributed by atoms with Crippen LogP contribution in [-0.2, 0) is 22.3 Å². The lowest BCUT2D eigenvalue weighted by molar-refractivity contribution is -0.151. The number of piperidine rings is 1. The van der Waals surface area contributed by atoms with Crippen LogP contribution in [0.25, 0.3) is 10.9 Å². The van der Waals surface area contributed by atoms with Crippen molar-refractivity contribution in [1.82, 2.24) is 14.9 Å². The Bertz CT molecular complexity index is 1230. The number of esters is 1. The van der Waals surface area contributed by atoms with Gasteiger partial charge in [-0.15, -0.1) is 0 Å². The van der Waals surface area contributed by atoms with Gasteiger partial charge < -0.3 is 14.6 Å². The molecule has 1 N–H and O–H groups in total. The van der Waals surface area contributed by atoms with Crippen LogP contribution in [0.4, 0.5) is 13.2 Å². The lowest BCUT2D eigenvalue weighted by atomic mass is 9.96. The number of H-pyrrole nitrogens is 1. The minimum atomic E-state index is -4.46. The predicted molar refractivity (Wildman–Crippen MR) is 112 cm³/mol. The number of rotatable bonds is 4. The zero-order valence-electron chi connectivity index (χ0n) is 17.4. The molecule has 1 aliphatic rings. The van der Waals surface area contributed by atoms with Crippen LogP contribution in [0.5, 0.6) is 0 Å². The Morgan fingerprint density at radius 2 is 1.73 bits per heavy atom. The maximum Gasteiger partial charge on any atom is 0.416 e. The number of fused-ring (bicyclic) bond motifs is 1. The molecule has 10 heteroatoms. The first-order valence-electron chi connectivity index (χ1n) is 10.3. The van der Waals surface area contributed by atoms with E-state index in [0.717, 1.165) is 24.3 Å². The standard InChI is InChI=1S/C23H20F3N3O4/c24-23(25,26)16-7-5-14(6-8-16)21(31)29-11-9-15(10-12-29)22(32)33-13-19-27-18-4-2-1-3-17(18)20(30)28-19/h1-8,15H,9-13H2,(H,27,28,30). The first kappa shape index (κ1) is 22.5. The molecule has 172 valence electrons. The molecule has 0 unspecified atom stereocenters. The highest BCUT2D eigenvalue weighted by Crippen LogP contribution is 2.29. The fourth-order valence-electron chi connectivity index (χ4n) is 3.76. The molecule has 0 spiro atoms. The molecule has 0 saturated carbocycles. The van der Waals surface area contributed by atoms with Crippen molar-refractivity contribution in [3.05, 3.63) is 75.8 Å². The summed E-state index contributed by atoms with van der Waals surface area (Å²) in [6.45, 7) is 0.388. The van der Waals surface area contributed by atoms with Crippen molar-refractivity contribution in [3.8, 4) is 0 Å². The fourth-order valence-corrected chi connectivity index (χ4v) is 3.76. The van der Waals surface area contributed by atoms with Gasteiger partial charge in [0.15, 0.2) is 0 Å². The third kappa shape index (κ3) is 5.05. The van der Waals surface area contributed by atoms with E-state index in [9.17, 15) is 27.6 Å². The first-order chi connectivity index (χ1) is 15.7. The first-order valence-corrected chi connectivity index (χ1v) is 10.3. The molecule has 2 heterocycles. The van der Waals surface area contributed by atoms with E-state index in [2.05, 4.69) is 9.97 Å².